The number of rotatable bonds is 5. The summed E-state index contributed by atoms with van der Waals surface area (Å²) < 4.78 is 7.61. The molecule has 2 heterocycles. The van der Waals surface area contributed by atoms with Crippen molar-refractivity contribution >= 4 is 5.91 Å². The first kappa shape index (κ1) is 17.7. The zero-order valence-corrected chi connectivity index (χ0v) is 15.1. The van der Waals surface area contributed by atoms with Gasteiger partial charge in [0.15, 0.2) is 0 Å². The Morgan fingerprint density at radius 2 is 2.08 bits per heavy atom. The van der Waals surface area contributed by atoms with E-state index in [2.05, 4.69) is 18.8 Å². The second kappa shape index (κ2) is 8.30. The van der Waals surface area contributed by atoms with E-state index in [-0.39, 0.29) is 11.9 Å². The van der Waals surface area contributed by atoms with Crippen molar-refractivity contribution in [2.24, 2.45) is 5.92 Å². The molecular formula is C20H27N3O2. The summed E-state index contributed by atoms with van der Waals surface area (Å²) in [6.07, 6.45) is 7.45. The second-order valence-corrected chi connectivity index (χ2v) is 7.11. The zero-order valence-electron chi connectivity index (χ0n) is 15.1. The van der Waals surface area contributed by atoms with Gasteiger partial charge >= 0.3 is 0 Å². The topological polar surface area (TPSA) is 47.4 Å². The standard InChI is InChI=1S/C20H27N3O2/c1-16(2)13-19-7-11-25-12-10-23(19)20(24)18-5-3-17(4-6-18)14-22-9-8-21-15-22/h3-6,8-9,15-16,19H,7,10-14H2,1-2H3. The van der Waals surface area contributed by atoms with Crippen molar-refractivity contribution in [2.45, 2.75) is 39.3 Å². The first-order valence-electron chi connectivity index (χ1n) is 9.07. The molecule has 1 unspecified atom stereocenters. The third-order valence-corrected chi connectivity index (χ3v) is 4.64. The Labute approximate surface area is 149 Å². The maximum absolute atomic E-state index is 13.0. The predicted molar refractivity (Wildman–Crippen MR) is 97.5 cm³/mol. The highest BCUT2D eigenvalue weighted by Gasteiger charge is 2.27. The SMILES string of the molecule is CC(C)CC1CCOCCN1C(=O)c1ccc(Cn2ccnc2)cc1. The summed E-state index contributed by atoms with van der Waals surface area (Å²) in [7, 11) is 0. The Balaban J connectivity index is 1.71. The fourth-order valence-electron chi connectivity index (χ4n) is 3.39. The van der Waals surface area contributed by atoms with Crippen LogP contribution in [0.1, 0.15) is 42.6 Å². The molecule has 1 fully saturated rings. The molecule has 5 heteroatoms. The van der Waals surface area contributed by atoms with Crippen LogP contribution < -0.4 is 0 Å². The first-order chi connectivity index (χ1) is 12.1. The van der Waals surface area contributed by atoms with E-state index in [9.17, 15) is 4.79 Å². The quantitative estimate of drug-likeness (QED) is 0.839. The molecule has 0 radical (unpaired) electrons. The Morgan fingerprint density at radius 1 is 1.28 bits per heavy atom. The molecule has 2 aromatic rings. The molecule has 0 saturated carbocycles. The largest absolute Gasteiger partial charge is 0.380 e. The van der Waals surface area contributed by atoms with Gasteiger partial charge in [-0.3, -0.25) is 4.79 Å². The van der Waals surface area contributed by atoms with Crippen molar-refractivity contribution in [1.29, 1.82) is 0 Å². The molecule has 134 valence electrons. The smallest absolute Gasteiger partial charge is 0.254 e. The zero-order chi connectivity index (χ0) is 17.6. The van der Waals surface area contributed by atoms with Crippen LogP contribution in [0.15, 0.2) is 43.0 Å². The fraction of sp³-hybridized carbons (Fsp3) is 0.500. The number of hydrogen-bond acceptors (Lipinski definition) is 3. The number of carbonyl (C=O) groups excluding carboxylic acids is 1. The molecule has 0 aliphatic carbocycles. The van der Waals surface area contributed by atoms with Crippen LogP contribution in [-0.4, -0.2) is 46.2 Å². The lowest BCUT2D eigenvalue weighted by molar-refractivity contribution is 0.0655. The van der Waals surface area contributed by atoms with E-state index in [1.165, 1.54) is 0 Å². The Bertz CT molecular complexity index is 665. The van der Waals surface area contributed by atoms with Gasteiger partial charge in [-0.2, -0.15) is 0 Å². The van der Waals surface area contributed by atoms with Crippen molar-refractivity contribution in [2.75, 3.05) is 19.8 Å². The van der Waals surface area contributed by atoms with Crippen molar-refractivity contribution < 1.29 is 9.53 Å². The lowest BCUT2D eigenvalue weighted by atomic mass is 9.99. The van der Waals surface area contributed by atoms with Crippen molar-refractivity contribution in [1.82, 2.24) is 14.5 Å². The molecule has 1 saturated heterocycles. The minimum Gasteiger partial charge on any atom is -0.380 e. The highest BCUT2D eigenvalue weighted by molar-refractivity contribution is 5.94. The molecule has 3 rings (SSSR count). The molecular weight excluding hydrogens is 314 g/mol. The van der Waals surface area contributed by atoms with Gasteiger partial charge < -0.3 is 14.2 Å². The molecule has 0 bridgehead atoms. The lowest BCUT2D eigenvalue weighted by Gasteiger charge is -2.30. The van der Waals surface area contributed by atoms with Crippen molar-refractivity contribution in [3.8, 4) is 0 Å². The van der Waals surface area contributed by atoms with E-state index in [4.69, 9.17) is 4.74 Å². The molecule has 1 aromatic carbocycles. The van der Waals surface area contributed by atoms with Crippen LogP contribution in [0.25, 0.3) is 0 Å². The van der Waals surface area contributed by atoms with E-state index in [0.29, 0.717) is 19.1 Å². The average molecular weight is 341 g/mol. The molecule has 1 aliphatic heterocycles. The molecule has 1 aliphatic rings. The number of hydrogen-bond donors (Lipinski definition) is 0. The molecule has 25 heavy (non-hydrogen) atoms. The minimum atomic E-state index is 0.116. The molecule has 1 aromatic heterocycles. The summed E-state index contributed by atoms with van der Waals surface area (Å²) in [5.74, 6) is 0.682. The number of benzene rings is 1. The van der Waals surface area contributed by atoms with E-state index in [1.807, 2.05) is 39.9 Å². The summed E-state index contributed by atoms with van der Waals surface area (Å²) in [5.41, 5.74) is 1.91. The predicted octanol–water partition coefficient (Wildman–Crippen LogP) is 3.21. The van der Waals surface area contributed by atoms with Crippen LogP contribution in [-0.2, 0) is 11.3 Å². The molecule has 0 spiro atoms. The van der Waals surface area contributed by atoms with E-state index < -0.39 is 0 Å². The minimum absolute atomic E-state index is 0.116. The molecule has 1 atom stereocenters. The Hall–Kier alpha value is -2.14. The summed E-state index contributed by atoms with van der Waals surface area (Å²) in [6, 6.07) is 8.19. The summed E-state index contributed by atoms with van der Waals surface area (Å²) >= 11 is 0. The Kier molecular flexibility index (Phi) is 5.87. The summed E-state index contributed by atoms with van der Waals surface area (Å²) in [5, 5.41) is 0. The maximum atomic E-state index is 13.0. The highest BCUT2D eigenvalue weighted by atomic mass is 16.5. The van der Waals surface area contributed by atoms with Gasteiger partial charge in [0.1, 0.15) is 0 Å². The molecule has 0 N–H and O–H groups in total. The molecule has 5 nitrogen and oxygen atoms in total. The van der Waals surface area contributed by atoms with E-state index in [0.717, 1.165) is 37.1 Å². The number of aromatic nitrogens is 2. The maximum Gasteiger partial charge on any atom is 0.254 e. The molecule has 1 amide bonds. The van der Waals surface area contributed by atoms with Gasteiger partial charge in [0, 0.05) is 43.7 Å². The number of carbonyl (C=O) groups is 1. The fourth-order valence-corrected chi connectivity index (χ4v) is 3.39. The van der Waals surface area contributed by atoms with Gasteiger partial charge in [-0.25, -0.2) is 4.98 Å². The Morgan fingerprint density at radius 3 is 2.76 bits per heavy atom. The third-order valence-electron chi connectivity index (χ3n) is 4.64. The van der Waals surface area contributed by atoms with Crippen LogP contribution >= 0.6 is 0 Å². The lowest BCUT2D eigenvalue weighted by Crippen LogP contribution is -2.41. The second-order valence-electron chi connectivity index (χ2n) is 7.11. The number of amides is 1. The van der Waals surface area contributed by atoms with Crippen LogP contribution in [0, 0.1) is 5.92 Å². The van der Waals surface area contributed by atoms with E-state index in [1.54, 1.807) is 12.5 Å². The number of nitrogens with zero attached hydrogens (tertiary/aromatic N) is 3. The van der Waals surface area contributed by atoms with Crippen molar-refractivity contribution in [3.05, 3.63) is 54.1 Å². The normalized spacial score (nSPS) is 18.4. The van der Waals surface area contributed by atoms with Gasteiger partial charge in [-0.15, -0.1) is 0 Å². The van der Waals surface area contributed by atoms with Gasteiger partial charge in [0.05, 0.1) is 12.9 Å². The number of ether oxygens (including phenoxy) is 1. The first-order valence-corrected chi connectivity index (χ1v) is 9.07. The summed E-state index contributed by atoms with van der Waals surface area (Å²) in [4.78, 5) is 19.1. The van der Waals surface area contributed by atoms with Gasteiger partial charge in [0.25, 0.3) is 5.91 Å². The summed E-state index contributed by atoms with van der Waals surface area (Å²) in [6.45, 7) is 7.22. The van der Waals surface area contributed by atoms with Gasteiger partial charge in [0.2, 0.25) is 0 Å². The highest BCUT2D eigenvalue weighted by Crippen LogP contribution is 2.20. The van der Waals surface area contributed by atoms with Gasteiger partial charge in [-0.1, -0.05) is 26.0 Å². The van der Waals surface area contributed by atoms with Gasteiger partial charge in [-0.05, 0) is 36.5 Å². The van der Waals surface area contributed by atoms with Crippen molar-refractivity contribution in [3.63, 3.8) is 0 Å². The number of imidazole rings is 1. The van der Waals surface area contributed by atoms with E-state index >= 15 is 0 Å². The third kappa shape index (κ3) is 4.69. The van der Waals surface area contributed by atoms with Crippen LogP contribution in [0.3, 0.4) is 0 Å². The van der Waals surface area contributed by atoms with Crippen LogP contribution in [0.2, 0.25) is 0 Å². The van der Waals surface area contributed by atoms with Crippen LogP contribution in [0.4, 0.5) is 0 Å². The van der Waals surface area contributed by atoms with Crippen LogP contribution in [0.5, 0.6) is 0 Å². The monoisotopic (exact) mass is 341 g/mol. The average Bonchev–Trinajstić information content (AvgIpc) is 3.00.